The molecule has 0 aliphatic heterocycles. The molecule has 0 saturated heterocycles. The molecule has 0 radical (unpaired) electrons. The van der Waals surface area contributed by atoms with Crippen molar-refractivity contribution in [2.24, 2.45) is 7.05 Å². The highest BCUT2D eigenvalue weighted by atomic mass is 32.1. The third-order valence-electron chi connectivity index (χ3n) is 5.36. The Kier molecular flexibility index (Phi) is 6.14. The van der Waals surface area contributed by atoms with Crippen LogP contribution in [-0.4, -0.2) is 38.2 Å². The second kappa shape index (κ2) is 8.90. The molecule has 176 valence electrons. The Labute approximate surface area is 196 Å². The van der Waals surface area contributed by atoms with Gasteiger partial charge in [-0.15, -0.1) is 11.3 Å². The molecule has 0 bridgehead atoms. The van der Waals surface area contributed by atoms with Crippen molar-refractivity contribution in [2.75, 3.05) is 0 Å². The molecular formula is C22H19F3N6O2S. The Bertz CT molecular complexity index is 1260. The molecule has 4 rings (SSSR count). The van der Waals surface area contributed by atoms with Gasteiger partial charge in [0.1, 0.15) is 11.6 Å². The van der Waals surface area contributed by atoms with Crippen LogP contribution in [0, 0.1) is 11.3 Å². The van der Waals surface area contributed by atoms with Crippen LogP contribution in [0.15, 0.2) is 42.7 Å². The van der Waals surface area contributed by atoms with E-state index in [2.05, 4.69) is 26.8 Å². The van der Waals surface area contributed by atoms with Crippen molar-refractivity contribution in [3.05, 3.63) is 58.9 Å². The van der Waals surface area contributed by atoms with Gasteiger partial charge in [0, 0.05) is 25.9 Å². The number of alkyl halides is 3. The smallest absolute Gasteiger partial charge is 0.339 e. The minimum absolute atomic E-state index is 0.155. The number of aryl methyl sites for hydroxylation is 1. The van der Waals surface area contributed by atoms with Crippen molar-refractivity contribution in [3.63, 3.8) is 0 Å². The maximum absolute atomic E-state index is 13.0. The average Bonchev–Trinajstić information content (AvgIpc) is 3.19. The lowest BCUT2D eigenvalue weighted by Crippen LogP contribution is -2.51. The van der Waals surface area contributed by atoms with Crippen LogP contribution in [0.25, 0.3) is 10.6 Å². The molecule has 0 aromatic carbocycles. The molecule has 12 heteroatoms. The summed E-state index contributed by atoms with van der Waals surface area (Å²) in [6.45, 7) is 0. The van der Waals surface area contributed by atoms with Crippen molar-refractivity contribution in [2.45, 2.75) is 37.0 Å². The summed E-state index contributed by atoms with van der Waals surface area (Å²) in [5.74, 6) is -1.05. The molecule has 8 nitrogen and oxygen atoms in total. The van der Waals surface area contributed by atoms with Gasteiger partial charge in [-0.05, 0) is 42.7 Å². The predicted molar refractivity (Wildman–Crippen MR) is 116 cm³/mol. The number of aromatic nitrogens is 3. The van der Waals surface area contributed by atoms with Crippen LogP contribution >= 0.6 is 11.3 Å². The fourth-order valence-electron chi connectivity index (χ4n) is 3.34. The molecule has 1 atom stereocenters. The van der Waals surface area contributed by atoms with Gasteiger partial charge < -0.3 is 10.6 Å². The first kappa shape index (κ1) is 23.4. The summed E-state index contributed by atoms with van der Waals surface area (Å²) in [6, 6.07) is 8.51. The number of amides is 2. The topological polar surface area (TPSA) is 113 Å². The van der Waals surface area contributed by atoms with Crippen LogP contribution in [0.5, 0.6) is 0 Å². The normalized spacial score (nSPS) is 15.3. The molecule has 3 aromatic heterocycles. The van der Waals surface area contributed by atoms with Gasteiger partial charge in [0.2, 0.25) is 5.91 Å². The third kappa shape index (κ3) is 5.09. The number of carbonyl (C=O) groups is 2. The summed E-state index contributed by atoms with van der Waals surface area (Å²) in [7, 11) is 1.39. The fraction of sp³-hybridized carbons (Fsp3) is 0.318. The van der Waals surface area contributed by atoms with Gasteiger partial charge in [-0.2, -0.15) is 23.5 Å². The highest BCUT2D eigenvalue weighted by Gasteiger charge is 2.45. The molecule has 1 fully saturated rings. The summed E-state index contributed by atoms with van der Waals surface area (Å²) in [5.41, 5.74) is -0.998. The van der Waals surface area contributed by atoms with Crippen LogP contribution in [0.4, 0.5) is 13.2 Å². The van der Waals surface area contributed by atoms with Crippen LogP contribution < -0.4 is 10.6 Å². The molecule has 3 heterocycles. The van der Waals surface area contributed by atoms with Gasteiger partial charge >= 0.3 is 6.18 Å². The zero-order valence-electron chi connectivity index (χ0n) is 17.9. The van der Waals surface area contributed by atoms with E-state index in [1.165, 1.54) is 19.2 Å². The summed E-state index contributed by atoms with van der Waals surface area (Å²) in [4.78, 5) is 30.5. The number of nitriles is 1. The fourth-order valence-corrected chi connectivity index (χ4v) is 4.30. The van der Waals surface area contributed by atoms with Crippen molar-refractivity contribution < 1.29 is 22.8 Å². The maximum Gasteiger partial charge on any atom is 0.435 e. The molecule has 1 aliphatic rings. The number of carbonyl (C=O) groups excluding carboxylic acids is 2. The monoisotopic (exact) mass is 488 g/mol. The standard InChI is InChI=1S/C22H19F3N6O2S/c1-31-15(10-18(30-31)22(23,24)25)16-4-5-17(34-16)20(33)28-14(9-13-3-2-8-27-11-13)19(32)29-21(12-26)6-7-21/h2-5,8,10-11,14H,6-7,9H2,1H3,(H,28,33)(H,29,32)/t14-/m0/s1. The van der Waals surface area contributed by atoms with E-state index in [0.29, 0.717) is 23.3 Å². The van der Waals surface area contributed by atoms with Crippen LogP contribution in [0.1, 0.15) is 33.8 Å². The summed E-state index contributed by atoms with van der Waals surface area (Å²) in [5, 5.41) is 18.2. The Morgan fingerprint density at radius 1 is 1.32 bits per heavy atom. The number of hydrogen-bond acceptors (Lipinski definition) is 6. The van der Waals surface area contributed by atoms with Gasteiger partial charge in [0.15, 0.2) is 5.69 Å². The molecular weight excluding hydrogens is 469 g/mol. The summed E-state index contributed by atoms with van der Waals surface area (Å²) < 4.78 is 40.0. The Hall–Kier alpha value is -3.72. The molecule has 1 aliphatic carbocycles. The summed E-state index contributed by atoms with van der Waals surface area (Å²) >= 11 is 0.986. The summed E-state index contributed by atoms with van der Waals surface area (Å²) in [6.07, 6.45) is -0.177. The molecule has 2 amide bonds. The molecule has 3 aromatic rings. The van der Waals surface area contributed by atoms with Crippen molar-refractivity contribution in [1.29, 1.82) is 5.26 Å². The van der Waals surface area contributed by atoms with Gasteiger partial charge in [0.25, 0.3) is 5.91 Å². The average molecular weight is 488 g/mol. The van der Waals surface area contributed by atoms with Gasteiger partial charge in [-0.25, -0.2) is 0 Å². The molecule has 0 unspecified atom stereocenters. The number of pyridine rings is 1. The molecule has 2 N–H and O–H groups in total. The Balaban J connectivity index is 1.53. The van der Waals surface area contributed by atoms with E-state index in [-0.39, 0.29) is 17.0 Å². The first-order chi connectivity index (χ1) is 16.1. The highest BCUT2D eigenvalue weighted by molar-refractivity contribution is 7.17. The van der Waals surface area contributed by atoms with E-state index in [9.17, 15) is 28.0 Å². The lowest BCUT2D eigenvalue weighted by Gasteiger charge is -2.20. The molecule has 34 heavy (non-hydrogen) atoms. The van der Waals surface area contributed by atoms with Crippen molar-refractivity contribution in [3.8, 4) is 16.6 Å². The van der Waals surface area contributed by atoms with Crippen molar-refractivity contribution >= 4 is 23.2 Å². The van der Waals surface area contributed by atoms with Gasteiger partial charge in [-0.3, -0.25) is 19.3 Å². The van der Waals surface area contributed by atoms with E-state index in [0.717, 1.165) is 22.1 Å². The first-order valence-electron chi connectivity index (χ1n) is 10.2. The lowest BCUT2D eigenvalue weighted by atomic mass is 10.1. The van der Waals surface area contributed by atoms with Crippen LogP contribution in [0.3, 0.4) is 0 Å². The third-order valence-corrected chi connectivity index (χ3v) is 6.47. The van der Waals surface area contributed by atoms with E-state index >= 15 is 0 Å². The first-order valence-corrected chi connectivity index (χ1v) is 11.1. The number of rotatable bonds is 7. The number of halogens is 3. The van der Waals surface area contributed by atoms with Gasteiger partial charge in [0.05, 0.1) is 21.5 Å². The lowest BCUT2D eigenvalue weighted by molar-refractivity contribution is -0.141. The zero-order chi connectivity index (χ0) is 24.5. The van der Waals surface area contributed by atoms with E-state index < -0.39 is 35.3 Å². The highest BCUT2D eigenvalue weighted by Crippen LogP contribution is 2.35. The van der Waals surface area contributed by atoms with Gasteiger partial charge in [-0.1, -0.05) is 6.07 Å². The van der Waals surface area contributed by atoms with E-state index in [4.69, 9.17) is 0 Å². The minimum Gasteiger partial charge on any atom is -0.339 e. The second-order valence-electron chi connectivity index (χ2n) is 7.97. The quantitative estimate of drug-likeness (QED) is 0.531. The second-order valence-corrected chi connectivity index (χ2v) is 9.06. The number of thiophene rings is 1. The SMILES string of the molecule is Cn1nc(C(F)(F)F)cc1-c1ccc(C(=O)N[C@@H](Cc2cccnc2)C(=O)NC2(C#N)CC2)s1. The maximum atomic E-state index is 13.0. The van der Waals surface area contributed by atoms with E-state index in [1.54, 1.807) is 24.5 Å². The Morgan fingerprint density at radius 3 is 2.68 bits per heavy atom. The molecule has 0 spiro atoms. The molecule has 1 saturated carbocycles. The van der Waals surface area contributed by atoms with Crippen LogP contribution in [0.2, 0.25) is 0 Å². The number of hydrogen-bond donors (Lipinski definition) is 2. The van der Waals surface area contributed by atoms with E-state index in [1.807, 2.05) is 0 Å². The zero-order valence-corrected chi connectivity index (χ0v) is 18.7. The minimum atomic E-state index is -4.58. The Morgan fingerprint density at radius 2 is 2.09 bits per heavy atom. The number of nitrogens with one attached hydrogen (secondary N) is 2. The van der Waals surface area contributed by atoms with Crippen LogP contribution in [-0.2, 0) is 24.4 Å². The largest absolute Gasteiger partial charge is 0.435 e. The predicted octanol–water partition coefficient (Wildman–Crippen LogP) is 3.08. The van der Waals surface area contributed by atoms with Crippen molar-refractivity contribution in [1.82, 2.24) is 25.4 Å². The number of nitrogens with zero attached hydrogens (tertiary/aromatic N) is 4.